The topological polar surface area (TPSA) is 46.4 Å². The van der Waals surface area contributed by atoms with Crippen LogP contribution in [0.1, 0.15) is 25.5 Å². The molecular formula is C12H18N2O2S. The van der Waals surface area contributed by atoms with E-state index in [9.17, 15) is 0 Å². The molecule has 2 rings (SSSR count). The Bertz CT molecular complexity index is 347. The van der Waals surface area contributed by atoms with E-state index in [1.165, 1.54) is 0 Å². The van der Waals surface area contributed by atoms with Gasteiger partial charge in [-0.25, -0.2) is 0 Å². The second kappa shape index (κ2) is 6.02. The first kappa shape index (κ1) is 12.4. The third kappa shape index (κ3) is 3.71. The van der Waals surface area contributed by atoms with Crippen molar-refractivity contribution < 1.29 is 9.15 Å². The maximum atomic E-state index is 5.60. The van der Waals surface area contributed by atoms with Crippen LogP contribution < -0.4 is 10.6 Å². The van der Waals surface area contributed by atoms with Crippen molar-refractivity contribution in [1.82, 2.24) is 10.6 Å². The summed E-state index contributed by atoms with van der Waals surface area (Å²) < 4.78 is 10.8. The van der Waals surface area contributed by atoms with Crippen molar-refractivity contribution in [2.45, 2.75) is 38.5 Å². The van der Waals surface area contributed by atoms with Crippen LogP contribution in [0.15, 0.2) is 22.8 Å². The Hall–Kier alpha value is -1.07. The van der Waals surface area contributed by atoms with Gasteiger partial charge < -0.3 is 19.8 Å². The second-order valence-electron chi connectivity index (χ2n) is 4.25. The lowest BCUT2D eigenvalue weighted by Crippen LogP contribution is -2.45. The third-order valence-electron chi connectivity index (χ3n) is 2.88. The SMILES string of the molecule is C[C@H](NC(=S)NCc1ccco1)[C@H]1CCCO1. The fourth-order valence-corrected chi connectivity index (χ4v) is 2.19. The van der Waals surface area contributed by atoms with Crippen LogP contribution in [0, 0.1) is 0 Å². The van der Waals surface area contributed by atoms with Crippen molar-refractivity contribution in [1.29, 1.82) is 0 Å². The molecule has 0 spiro atoms. The molecule has 1 aromatic heterocycles. The molecule has 1 aromatic rings. The number of furan rings is 1. The van der Waals surface area contributed by atoms with Crippen LogP contribution in [0.2, 0.25) is 0 Å². The molecule has 1 fully saturated rings. The first-order chi connectivity index (χ1) is 8.25. The Morgan fingerprint density at radius 2 is 2.53 bits per heavy atom. The summed E-state index contributed by atoms with van der Waals surface area (Å²) in [6, 6.07) is 4.02. The number of hydrogen-bond acceptors (Lipinski definition) is 3. The standard InChI is InChI=1S/C12H18N2O2S/c1-9(11-5-3-7-16-11)14-12(17)13-8-10-4-2-6-15-10/h2,4,6,9,11H,3,5,7-8H2,1H3,(H2,13,14,17)/t9-,11+/m0/s1. The van der Waals surface area contributed by atoms with Crippen LogP contribution in [-0.2, 0) is 11.3 Å². The van der Waals surface area contributed by atoms with Gasteiger partial charge in [0.15, 0.2) is 5.11 Å². The van der Waals surface area contributed by atoms with E-state index in [-0.39, 0.29) is 12.1 Å². The van der Waals surface area contributed by atoms with E-state index in [2.05, 4.69) is 17.6 Å². The average Bonchev–Trinajstić information content (AvgIpc) is 2.99. The van der Waals surface area contributed by atoms with Crippen LogP contribution in [0.4, 0.5) is 0 Å². The Labute approximate surface area is 107 Å². The summed E-state index contributed by atoms with van der Waals surface area (Å²) in [6.07, 6.45) is 4.18. The molecule has 5 heteroatoms. The summed E-state index contributed by atoms with van der Waals surface area (Å²) in [4.78, 5) is 0. The van der Waals surface area contributed by atoms with Crippen LogP contribution in [0.3, 0.4) is 0 Å². The van der Waals surface area contributed by atoms with Gasteiger partial charge in [0, 0.05) is 6.61 Å². The third-order valence-corrected chi connectivity index (χ3v) is 3.15. The second-order valence-corrected chi connectivity index (χ2v) is 4.65. The van der Waals surface area contributed by atoms with Crippen LogP contribution in [0.25, 0.3) is 0 Å². The lowest BCUT2D eigenvalue weighted by molar-refractivity contribution is 0.0892. The predicted molar refractivity (Wildman–Crippen MR) is 69.7 cm³/mol. The van der Waals surface area contributed by atoms with Crippen molar-refractivity contribution >= 4 is 17.3 Å². The van der Waals surface area contributed by atoms with Gasteiger partial charge >= 0.3 is 0 Å². The van der Waals surface area contributed by atoms with E-state index in [4.69, 9.17) is 21.4 Å². The normalized spacial score (nSPS) is 21.1. The molecule has 17 heavy (non-hydrogen) atoms. The van der Waals surface area contributed by atoms with E-state index >= 15 is 0 Å². The van der Waals surface area contributed by atoms with Gasteiger partial charge in [0.1, 0.15) is 5.76 Å². The highest BCUT2D eigenvalue weighted by molar-refractivity contribution is 7.80. The number of ether oxygens (including phenoxy) is 1. The van der Waals surface area contributed by atoms with Gasteiger partial charge in [-0.1, -0.05) is 0 Å². The highest BCUT2D eigenvalue weighted by Crippen LogP contribution is 2.15. The van der Waals surface area contributed by atoms with Crippen molar-refractivity contribution in [2.24, 2.45) is 0 Å². The molecule has 0 aromatic carbocycles. The zero-order chi connectivity index (χ0) is 12.1. The van der Waals surface area contributed by atoms with Gasteiger partial charge in [-0.15, -0.1) is 0 Å². The molecule has 0 amide bonds. The maximum Gasteiger partial charge on any atom is 0.166 e. The molecule has 94 valence electrons. The number of nitrogens with one attached hydrogen (secondary N) is 2. The maximum absolute atomic E-state index is 5.60. The minimum absolute atomic E-state index is 0.245. The van der Waals surface area contributed by atoms with Gasteiger partial charge in [-0.05, 0) is 44.1 Å². The smallest absolute Gasteiger partial charge is 0.166 e. The largest absolute Gasteiger partial charge is 0.467 e. The van der Waals surface area contributed by atoms with Crippen LogP contribution in [-0.4, -0.2) is 23.9 Å². The Morgan fingerprint density at radius 3 is 3.18 bits per heavy atom. The van der Waals surface area contributed by atoms with Crippen LogP contribution in [0.5, 0.6) is 0 Å². The molecule has 1 aliphatic rings. The summed E-state index contributed by atoms with van der Waals surface area (Å²) in [7, 11) is 0. The van der Waals surface area contributed by atoms with E-state index < -0.39 is 0 Å². The van der Waals surface area contributed by atoms with Crippen LogP contribution >= 0.6 is 12.2 Å². The number of rotatable bonds is 4. The van der Waals surface area contributed by atoms with Crippen molar-refractivity contribution in [3.63, 3.8) is 0 Å². The molecule has 4 nitrogen and oxygen atoms in total. The number of thiocarbonyl (C=S) groups is 1. The van der Waals surface area contributed by atoms with Gasteiger partial charge in [-0.2, -0.15) is 0 Å². The van der Waals surface area contributed by atoms with Crippen molar-refractivity contribution in [3.05, 3.63) is 24.2 Å². The summed E-state index contributed by atoms with van der Waals surface area (Å²) in [5.74, 6) is 0.874. The highest BCUT2D eigenvalue weighted by atomic mass is 32.1. The fraction of sp³-hybridized carbons (Fsp3) is 0.583. The monoisotopic (exact) mass is 254 g/mol. The van der Waals surface area contributed by atoms with E-state index in [1.807, 2.05) is 12.1 Å². The van der Waals surface area contributed by atoms with E-state index in [0.29, 0.717) is 11.7 Å². The summed E-state index contributed by atoms with van der Waals surface area (Å²) >= 11 is 5.22. The minimum atomic E-state index is 0.245. The quantitative estimate of drug-likeness (QED) is 0.802. The van der Waals surface area contributed by atoms with Gasteiger partial charge in [0.2, 0.25) is 0 Å². The molecule has 2 heterocycles. The molecule has 0 aliphatic carbocycles. The molecular weight excluding hydrogens is 236 g/mol. The molecule has 0 unspecified atom stereocenters. The Kier molecular flexibility index (Phi) is 4.39. The van der Waals surface area contributed by atoms with Crippen molar-refractivity contribution in [2.75, 3.05) is 6.61 Å². The van der Waals surface area contributed by atoms with Crippen molar-refractivity contribution in [3.8, 4) is 0 Å². The molecule has 1 aliphatic heterocycles. The van der Waals surface area contributed by atoms with E-state index in [0.717, 1.165) is 25.2 Å². The zero-order valence-electron chi connectivity index (χ0n) is 9.94. The fourth-order valence-electron chi connectivity index (χ4n) is 1.93. The molecule has 0 bridgehead atoms. The summed E-state index contributed by atoms with van der Waals surface area (Å²) in [5.41, 5.74) is 0. The molecule has 0 radical (unpaired) electrons. The molecule has 2 atom stereocenters. The molecule has 1 saturated heterocycles. The lowest BCUT2D eigenvalue weighted by Gasteiger charge is -2.21. The van der Waals surface area contributed by atoms with Gasteiger partial charge in [0.05, 0.1) is 25.0 Å². The lowest BCUT2D eigenvalue weighted by atomic mass is 10.1. The first-order valence-corrected chi connectivity index (χ1v) is 6.35. The predicted octanol–water partition coefficient (Wildman–Crippen LogP) is 1.81. The average molecular weight is 254 g/mol. The highest BCUT2D eigenvalue weighted by Gasteiger charge is 2.22. The van der Waals surface area contributed by atoms with Gasteiger partial charge in [-0.3, -0.25) is 0 Å². The minimum Gasteiger partial charge on any atom is -0.467 e. The van der Waals surface area contributed by atoms with E-state index in [1.54, 1.807) is 6.26 Å². The zero-order valence-corrected chi connectivity index (χ0v) is 10.8. The van der Waals surface area contributed by atoms with Gasteiger partial charge in [0.25, 0.3) is 0 Å². The summed E-state index contributed by atoms with van der Waals surface area (Å²) in [5, 5.41) is 6.99. The Balaban J connectivity index is 1.69. The summed E-state index contributed by atoms with van der Waals surface area (Å²) in [6.45, 7) is 3.57. The first-order valence-electron chi connectivity index (χ1n) is 5.94. The molecule has 2 N–H and O–H groups in total. The Morgan fingerprint density at radius 1 is 1.65 bits per heavy atom. The number of hydrogen-bond donors (Lipinski definition) is 2. The molecule has 0 saturated carbocycles.